The van der Waals surface area contributed by atoms with Gasteiger partial charge in [0.25, 0.3) is 0 Å². The molecule has 18 heavy (non-hydrogen) atoms. The monoisotopic (exact) mass is 299 g/mol. The SMILES string of the molecule is CS(=O)/C=C/CCNC(=S)SCc1ccccc1. The zero-order valence-corrected chi connectivity index (χ0v) is 12.7. The van der Waals surface area contributed by atoms with Crippen LogP contribution in [-0.2, 0) is 16.6 Å². The van der Waals surface area contributed by atoms with Gasteiger partial charge in [0, 0.05) is 29.4 Å². The predicted molar refractivity (Wildman–Crippen MR) is 86.2 cm³/mol. The average Bonchev–Trinajstić information content (AvgIpc) is 2.37. The zero-order valence-electron chi connectivity index (χ0n) is 10.3. The van der Waals surface area contributed by atoms with Gasteiger partial charge in [-0.25, -0.2) is 0 Å². The minimum atomic E-state index is -0.854. The molecule has 1 unspecified atom stereocenters. The maximum absolute atomic E-state index is 10.8. The Kier molecular flexibility index (Phi) is 7.96. The summed E-state index contributed by atoms with van der Waals surface area (Å²) in [5, 5.41) is 4.87. The number of hydrogen-bond donors (Lipinski definition) is 1. The maximum Gasteiger partial charge on any atom is 0.134 e. The van der Waals surface area contributed by atoms with Gasteiger partial charge in [0.1, 0.15) is 4.32 Å². The highest BCUT2D eigenvalue weighted by molar-refractivity contribution is 8.22. The third kappa shape index (κ3) is 7.63. The van der Waals surface area contributed by atoms with Crippen LogP contribution in [0.3, 0.4) is 0 Å². The summed E-state index contributed by atoms with van der Waals surface area (Å²) < 4.78 is 11.6. The van der Waals surface area contributed by atoms with Gasteiger partial charge in [-0.2, -0.15) is 0 Å². The van der Waals surface area contributed by atoms with Crippen LogP contribution in [0, 0.1) is 0 Å². The number of thioether (sulfide) groups is 1. The van der Waals surface area contributed by atoms with Crippen LogP contribution in [0.25, 0.3) is 0 Å². The molecule has 0 amide bonds. The van der Waals surface area contributed by atoms with E-state index in [0.717, 1.165) is 23.0 Å². The maximum atomic E-state index is 10.8. The quantitative estimate of drug-likeness (QED) is 0.646. The van der Waals surface area contributed by atoms with Crippen molar-refractivity contribution in [3.63, 3.8) is 0 Å². The summed E-state index contributed by atoms with van der Waals surface area (Å²) in [5.41, 5.74) is 1.27. The molecule has 0 aromatic heterocycles. The molecule has 2 nitrogen and oxygen atoms in total. The molecule has 0 bridgehead atoms. The molecule has 0 fully saturated rings. The Balaban J connectivity index is 2.13. The second kappa shape index (κ2) is 9.30. The van der Waals surface area contributed by atoms with E-state index in [2.05, 4.69) is 17.4 Å². The fourth-order valence-electron chi connectivity index (χ4n) is 1.24. The summed E-state index contributed by atoms with van der Waals surface area (Å²) in [6, 6.07) is 10.3. The molecular formula is C13H17NOS3. The van der Waals surface area contributed by atoms with E-state index in [1.165, 1.54) is 5.56 Å². The van der Waals surface area contributed by atoms with Gasteiger partial charge < -0.3 is 5.32 Å². The summed E-state index contributed by atoms with van der Waals surface area (Å²) in [6.45, 7) is 0.786. The molecule has 0 aliphatic heterocycles. The van der Waals surface area contributed by atoms with Crippen molar-refractivity contribution < 1.29 is 4.21 Å². The van der Waals surface area contributed by atoms with E-state index in [9.17, 15) is 4.21 Å². The van der Waals surface area contributed by atoms with E-state index in [-0.39, 0.29) is 0 Å². The van der Waals surface area contributed by atoms with Crippen molar-refractivity contribution >= 4 is 39.1 Å². The lowest BCUT2D eigenvalue weighted by Crippen LogP contribution is -2.19. The summed E-state index contributed by atoms with van der Waals surface area (Å²) in [5.74, 6) is 0.890. The molecule has 1 N–H and O–H groups in total. The van der Waals surface area contributed by atoms with Crippen LogP contribution < -0.4 is 5.32 Å². The van der Waals surface area contributed by atoms with Crippen LogP contribution in [0.4, 0.5) is 0 Å². The lowest BCUT2D eigenvalue weighted by molar-refractivity contribution is 0.691. The van der Waals surface area contributed by atoms with E-state index < -0.39 is 10.8 Å². The molecule has 0 aliphatic carbocycles. The van der Waals surface area contributed by atoms with Crippen molar-refractivity contribution in [2.24, 2.45) is 0 Å². The van der Waals surface area contributed by atoms with E-state index in [4.69, 9.17) is 12.2 Å². The van der Waals surface area contributed by atoms with Gasteiger partial charge in [0.2, 0.25) is 0 Å². The standard InChI is InChI=1S/C13H17NOS3/c1-18(15)10-6-5-9-14-13(16)17-11-12-7-3-2-4-8-12/h2-4,6-8,10H,5,9,11H2,1H3,(H,14,16)/b10-6+. The number of thiocarbonyl (C=S) groups is 1. The van der Waals surface area contributed by atoms with Crippen molar-refractivity contribution in [2.75, 3.05) is 12.8 Å². The Morgan fingerprint density at radius 3 is 2.83 bits per heavy atom. The van der Waals surface area contributed by atoms with Crippen LogP contribution in [0.5, 0.6) is 0 Å². The van der Waals surface area contributed by atoms with Gasteiger partial charge in [-0.15, -0.1) is 0 Å². The molecule has 0 saturated heterocycles. The average molecular weight is 299 g/mol. The number of benzene rings is 1. The lowest BCUT2D eigenvalue weighted by atomic mass is 10.2. The highest BCUT2D eigenvalue weighted by Gasteiger charge is 1.97. The first kappa shape index (κ1) is 15.4. The van der Waals surface area contributed by atoms with Gasteiger partial charge in [-0.05, 0) is 17.4 Å². The van der Waals surface area contributed by atoms with E-state index in [1.807, 2.05) is 24.3 Å². The second-order valence-electron chi connectivity index (χ2n) is 3.65. The van der Waals surface area contributed by atoms with Crippen molar-refractivity contribution in [3.05, 3.63) is 47.4 Å². The van der Waals surface area contributed by atoms with Crippen LogP contribution >= 0.6 is 24.0 Å². The first-order chi connectivity index (χ1) is 8.68. The molecule has 1 aromatic carbocycles. The summed E-state index contributed by atoms with van der Waals surface area (Å²) >= 11 is 6.85. The molecule has 0 heterocycles. The smallest absolute Gasteiger partial charge is 0.134 e. The summed E-state index contributed by atoms with van der Waals surface area (Å²) in [7, 11) is -0.854. The van der Waals surface area contributed by atoms with E-state index >= 15 is 0 Å². The van der Waals surface area contributed by atoms with Crippen molar-refractivity contribution in [1.82, 2.24) is 5.32 Å². The Morgan fingerprint density at radius 1 is 1.44 bits per heavy atom. The summed E-state index contributed by atoms with van der Waals surface area (Å²) in [6.07, 6.45) is 4.41. The first-order valence-corrected chi connectivity index (χ1v) is 8.63. The molecule has 0 saturated carbocycles. The molecule has 1 aromatic rings. The molecular weight excluding hydrogens is 282 g/mol. The van der Waals surface area contributed by atoms with Crippen molar-refractivity contribution in [2.45, 2.75) is 12.2 Å². The molecule has 0 spiro atoms. The largest absolute Gasteiger partial charge is 0.371 e. The van der Waals surface area contributed by atoms with Crippen molar-refractivity contribution in [1.29, 1.82) is 0 Å². The Bertz CT molecular complexity index is 418. The third-order valence-corrected chi connectivity index (χ3v) is 4.04. The Labute approximate surface area is 121 Å². The Morgan fingerprint density at radius 2 is 2.17 bits per heavy atom. The van der Waals surface area contributed by atoms with E-state index in [1.54, 1.807) is 23.4 Å². The number of hydrogen-bond acceptors (Lipinski definition) is 3. The summed E-state index contributed by atoms with van der Waals surface area (Å²) in [4.78, 5) is 0. The van der Waals surface area contributed by atoms with E-state index in [0.29, 0.717) is 0 Å². The minimum absolute atomic E-state index is 0.786. The molecule has 0 aliphatic rings. The molecule has 1 atom stereocenters. The number of nitrogens with one attached hydrogen (secondary N) is 1. The van der Waals surface area contributed by atoms with Crippen molar-refractivity contribution in [3.8, 4) is 0 Å². The van der Waals surface area contributed by atoms with Crippen LogP contribution in [0.2, 0.25) is 0 Å². The minimum Gasteiger partial charge on any atom is -0.371 e. The van der Waals surface area contributed by atoms with Gasteiger partial charge in [-0.1, -0.05) is 60.4 Å². The highest BCUT2D eigenvalue weighted by atomic mass is 32.2. The third-order valence-electron chi connectivity index (χ3n) is 2.08. The zero-order chi connectivity index (χ0) is 13.2. The molecule has 5 heteroatoms. The normalized spacial score (nSPS) is 12.5. The predicted octanol–water partition coefficient (Wildman–Crippen LogP) is 3.08. The van der Waals surface area contributed by atoms with Crippen LogP contribution in [0.15, 0.2) is 41.8 Å². The van der Waals surface area contributed by atoms with Gasteiger partial charge in [-0.3, -0.25) is 4.21 Å². The molecule has 98 valence electrons. The first-order valence-electron chi connectivity index (χ1n) is 5.62. The number of rotatable bonds is 6. The lowest BCUT2D eigenvalue weighted by Gasteiger charge is -2.05. The van der Waals surface area contributed by atoms with Gasteiger partial charge >= 0.3 is 0 Å². The van der Waals surface area contributed by atoms with Gasteiger partial charge in [0.15, 0.2) is 0 Å². The van der Waals surface area contributed by atoms with Crippen LogP contribution in [-0.4, -0.2) is 21.3 Å². The molecule has 0 radical (unpaired) electrons. The Hall–Kier alpha value is -0.650. The van der Waals surface area contributed by atoms with Gasteiger partial charge in [0.05, 0.1) is 0 Å². The second-order valence-corrected chi connectivity index (χ2v) is 6.57. The topological polar surface area (TPSA) is 29.1 Å². The van der Waals surface area contributed by atoms with Crippen LogP contribution in [0.1, 0.15) is 12.0 Å². The fraction of sp³-hybridized carbons (Fsp3) is 0.308. The molecule has 1 rings (SSSR count). The fourth-order valence-corrected chi connectivity index (χ4v) is 2.62. The highest BCUT2D eigenvalue weighted by Crippen LogP contribution is 2.12.